The predicted molar refractivity (Wildman–Crippen MR) is 115 cm³/mol. The lowest BCUT2D eigenvalue weighted by Gasteiger charge is -2.24. The van der Waals surface area contributed by atoms with Crippen molar-refractivity contribution in [3.05, 3.63) is 65.2 Å². The highest BCUT2D eigenvalue weighted by atomic mass is 19.4. The van der Waals surface area contributed by atoms with Crippen molar-refractivity contribution in [3.63, 3.8) is 0 Å². The highest BCUT2D eigenvalue weighted by Gasteiger charge is 2.43. The van der Waals surface area contributed by atoms with Gasteiger partial charge in [0, 0.05) is 30.2 Å². The van der Waals surface area contributed by atoms with Gasteiger partial charge in [0.1, 0.15) is 5.75 Å². The molecular formula is C24H22F5NO4. The van der Waals surface area contributed by atoms with E-state index in [0.717, 1.165) is 23.5 Å². The Bertz CT molecular complexity index is 1110. The lowest BCUT2D eigenvalue weighted by atomic mass is 9.97. The predicted octanol–water partition coefficient (Wildman–Crippen LogP) is 6.04. The van der Waals surface area contributed by atoms with E-state index in [4.69, 9.17) is 9.84 Å². The standard InChI is InChI=1S/C24H22F5NO4/c1-2-3-12-34-15-8-9-17(19(13-15)24(27,28)29)22(33)30-11-10-23(25,26)18(14-21(31)32)16-6-4-5-7-20(16)30/h4-9,13-14H,2-3,10-12H2,1H3,(H,31,32). The molecule has 0 saturated heterocycles. The molecule has 0 fully saturated rings. The number of ether oxygens (including phenoxy) is 1. The lowest BCUT2D eigenvalue weighted by molar-refractivity contribution is -0.138. The molecule has 5 nitrogen and oxygen atoms in total. The summed E-state index contributed by atoms with van der Waals surface area (Å²) in [6.07, 6.45) is -4.10. The molecule has 3 rings (SSSR count). The molecule has 1 heterocycles. The summed E-state index contributed by atoms with van der Waals surface area (Å²) >= 11 is 0. The summed E-state index contributed by atoms with van der Waals surface area (Å²) in [7, 11) is 0. The van der Waals surface area contributed by atoms with Crippen LogP contribution < -0.4 is 9.64 Å². The van der Waals surface area contributed by atoms with Gasteiger partial charge in [0.15, 0.2) is 0 Å². The number of hydrogen-bond donors (Lipinski definition) is 1. The van der Waals surface area contributed by atoms with Gasteiger partial charge in [-0.3, -0.25) is 4.79 Å². The van der Waals surface area contributed by atoms with Gasteiger partial charge in [0.05, 0.1) is 23.4 Å². The van der Waals surface area contributed by atoms with E-state index in [1.165, 1.54) is 30.3 Å². The fraction of sp³-hybridized carbons (Fsp3) is 0.333. The fourth-order valence-corrected chi connectivity index (χ4v) is 3.67. The summed E-state index contributed by atoms with van der Waals surface area (Å²) < 4.78 is 76.4. The molecule has 10 heteroatoms. The van der Waals surface area contributed by atoms with Gasteiger partial charge in [-0.15, -0.1) is 0 Å². The van der Waals surface area contributed by atoms with Crippen molar-refractivity contribution < 1.29 is 41.4 Å². The van der Waals surface area contributed by atoms with Crippen LogP contribution in [0.1, 0.15) is 47.7 Å². The molecular weight excluding hydrogens is 461 g/mol. The van der Waals surface area contributed by atoms with Gasteiger partial charge in [-0.2, -0.15) is 13.2 Å². The van der Waals surface area contributed by atoms with Gasteiger partial charge in [-0.1, -0.05) is 31.5 Å². The third-order valence-electron chi connectivity index (χ3n) is 5.33. The van der Waals surface area contributed by atoms with Crippen LogP contribution in [0.3, 0.4) is 0 Å². The van der Waals surface area contributed by atoms with Gasteiger partial charge in [0.25, 0.3) is 11.8 Å². The molecule has 0 aromatic heterocycles. The van der Waals surface area contributed by atoms with Crippen LogP contribution in [-0.2, 0) is 11.0 Å². The smallest absolute Gasteiger partial charge is 0.417 e. The van der Waals surface area contributed by atoms with Crippen LogP contribution in [0, 0.1) is 0 Å². The number of nitrogens with zero attached hydrogens (tertiary/aromatic N) is 1. The maximum Gasteiger partial charge on any atom is 0.417 e. The minimum atomic E-state index is -4.90. The first-order valence-electron chi connectivity index (χ1n) is 10.5. The van der Waals surface area contributed by atoms with Crippen LogP contribution in [0.5, 0.6) is 5.75 Å². The molecule has 1 N–H and O–H groups in total. The lowest BCUT2D eigenvalue weighted by Crippen LogP contribution is -2.34. The summed E-state index contributed by atoms with van der Waals surface area (Å²) in [6.45, 7) is 1.48. The zero-order valence-corrected chi connectivity index (χ0v) is 18.2. The third kappa shape index (κ3) is 5.37. The Morgan fingerprint density at radius 3 is 2.53 bits per heavy atom. The molecule has 34 heavy (non-hydrogen) atoms. The van der Waals surface area contributed by atoms with Crippen LogP contribution in [0.15, 0.2) is 48.5 Å². The summed E-state index contributed by atoms with van der Waals surface area (Å²) in [5, 5.41) is 9.07. The number of carboxylic acid groups (broad SMARTS) is 1. The van der Waals surface area contributed by atoms with Crippen molar-refractivity contribution in [2.24, 2.45) is 0 Å². The Labute approximate surface area is 192 Å². The zero-order valence-electron chi connectivity index (χ0n) is 18.2. The van der Waals surface area contributed by atoms with Crippen LogP contribution >= 0.6 is 0 Å². The largest absolute Gasteiger partial charge is 0.494 e. The van der Waals surface area contributed by atoms with E-state index >= 15 is 0 Å². The van der Waals surface area contributed by atoms with E-state index in [-0.39, 0.29) is 23.6 Å². The molecule has 0 unspecified atom stereocenters. The molecule has 0 atom stereocenters. The summed E-state index contributed by atoms with van der Waals surface area (Å²) in [5.74, 6) is -6.42. The summed E-state index contributed by atoms with van der Waals surface area (Å²) in [4.78, 5) is 25.3. The topological polar surface area (TPSA) is 66.8 Å². The number of amides is 1. The van der Waals surface area contributed by atoms with Crippen LogP contribution in [-0.4, -0.2) is 36.1 Å². The van der Waals surface area contributed by atoms with Crippen LogP contribution in [0.2, 0.25) is 0 Å². The summed E-state index contributed by atoms with van der Waals surface area (Å²) in [6, 6.07) is 8.21. The van der Waals surface area contributed by atoms with Gasteiger partial charge in [-0.25, -0.2) is 13.6 Å². The molecule has 0 spiro atoms. The van der Waals surface area contributed by atoms with Crippen molar-refractivity contribution in [1.82, 2.24) is 0 Å². The monoisotopic (exact) mass is 483 g/mol. The average molecular weight is 483 g/mol. The molecule has 0 saturated carbocycles. The number of carboxylic acids is 1. The van der Waals surface area contributed by atoms with E-state index in [0.29, 0.717) is 12.5 Å². The minimum absolute atomic E-state index is 0.0631. The quantitative estimate of drug-likeness (QED) is 0.309. The van der Waals surface area contributed by atoms with Crippen molar-refractivity contribution in [2.45, 2.75) is 38.3 Å². The number of halogens is 5. The number of anilines is 1. The second-order valence-corrected chi connectivity index (χ2v) is 7.73. The fourth-order valence-electron chi connectivity index (χ4n) is 3.67. The van der Waals surface area contributed by atoms with Gasteiger partial charge in [0.2, 0.25) is 0 Å². The van der Waals surface area contributed by atoms with E-state index < -0.39 is 53.6 Å². The van der Waals surface area contributed by atoms with Gasteiger partial charge in [-0.05, 0) is 30.7 Å². The molecule has 0 radical (unpaired) electrons. The Balaban J connectivity index is 2.09. The SMILES string of the molecule is CCCCOc1ccc(C(=O)N2CCC(F)(F)C(=CC(=O)O)c3ccccc32)c(C(F)(F)F)c1. The number of benzene rings is 2. The molecule has 0 bridgehead atoms. The Kier molecular flexibility index (Phi) is 7.28. The second kappa shape index (κ2) is 9.82. The number of para-hydroxylation sites is 1. The number of rotatable bonds is 6. The number of aliphatic carboxylic acids is 1. The first-order chi connectivity index (χ1) is 16.0. The van der Waals surface area contributed by atoms with Crippen LogP contribution in [0.4, 0.5) is 27.6 Å². The molecule has 182 valence electrons. The maximum absolute atomic E-state index is 14.8. The molecule has 1 aliphatic heterocycles. The first kappa shape index (κ1) is 25.2. The molecule has 0 aliphatic carbocycles. The molecule has 1 amide bonds. The average Bonchev–Trinajstić information content (AvgIpc) is 2.87. The van der Waals surface area contributed by atoms with Gasteiger partial charge >= 0.3 is 12.1 Å². The Morgan fingerprint density at radius 1 is 1.18 bits per heavy atom. The van der Waals surface area contributed by atoms with E-state index in [2.05, 4.69) is 0 Å². The van der Waals surface area contributed by atoms with Crippen molar-refractivity contribution in [2.75, 3.05) is 18.1 Å². The second-order valence-electron chi connectivity index (χ2n) is 7.73. The highest BCUT2D eigenvalue weighted by Crippen LogP contribution is 2.44. The maximum atomic E-state index is 14.8. The Morgan fingerprint density at radius 2 is 1.88 bits per heavy atom. The minimum Gasteiger partial charge on any atom is -0.494 e. The number of carbonyl (C=O) groups is 2. The normalized spacial score (nSPS) is 16.6. The van der Waals surface area contributed by atoms with Crippen LogP contribution in [0.25, 0.3) is 5.57 Å². The van der Waals surface area contributed by atoms with Gasteiger partial charge < -0.3 is 14.7 Å². The number of unbranched alkanes of at least 4 members (excludes halogenated alkanes) is 1. The van der Waals surface area contributed by atoms with E-state index in [9.17, 15) is 31.5 Å². The number of allylic oxidation sites excluding steroid dienone is 1. The number of alkyl halides is 5. The van der Waals surface area contributed by atoms with E-state index in [1.54, 1.807) is 0 Å². The Hall–Kier alpha value is -3.43. The molecule has 2 aromatic rings. The first-order valence-corrected chi connectivity index (χ1v) is 10.5. The molecule has 1 aliphatic rings. The molecule has 2 aromatic carbocycles. The van der Waals surface area contributed by atoms with Crippen molar-refractivity contribution in [1.29, 1.82) is 0 Å². The summed E-state index contributed by atoms with van der Waals surface area (Å²) in [5.41, 5.74) is -3.13. The number of hydrogen-bond acceptors (Lipinski definition) is 3. The highest BCUT2D eigenvalue weighted by molar-refractivity contribution is 6.09. The third-order valence-corrected chi connectivity index (χ3v) is 5.33. The van der Waals surface area contributed by atoms with Crippen molar-refractivity contribution in [3.8, 4) is 5.75 Å². The zero-order chi connectivity index (χ0) is 25.1. The van der Waals surface area contributed by atoms with E-state index in [1.807, 2.05) is 6.92 Å². The number of fused-ring (bicyclic) bond motifs is 1. The number of carbonyl (C=O) groups excluding carboxylic acids is 1. The van der Waals surface area contributed by atoms with Crippen molar-refractivity contribution >= 4 is 23.1 Å².